The summed E-state index contributed by atoms with van der Waals surface area (Å²) in [4.78, 5) is 2.48. The van der Waals surface area contributed by atoms with Crippen LogP contribution < -0.4 is 0 Å². The zero-order valence-electron chi connectivity index (χ0n) is 17.1. The Kier molecular flexibility index (Phi) is 7.14. The molecule has 1 fully saturated rings. The maximum absolute atomic E-state index is 12.8. The van der Waals surface area contributed by atoms with E-state index < -0.39 is 11.7 Å². The second-order valence-corrected chi connectivity index (χ2v) is 8.45. The first-order chi connectivity index (χ1) is 12.5. The molecule has 1 aromatic rings. The van der Waals surface area contributed by atoms with E-state index in [1.165, 1.54) is 17.7 Å². The second kappa shape index (κ2) is 8.78. The molecule has 0 aromatic heterocycles. The molecule has 27 heavy (non-hydrogen) atoms. The van der Waals surface area contributed by atoms with Gasteiger partial charge in [-0.3, -0.25) is 4.90 Å². The number of alkyl halides is 3. The van der Waals surface area contributed by atoms with Crippen LogP contribution in [0.5, 0.6) is 0 Å². The van der Waals surface area contributed by atoms with Gasteiger partial charge in [0.25, 0.3) is 0 Å². The van der Waals surface area contributed by atoms with Crippen LogP contribution in [0.1, 0.15) is 58.1 Å². The van der Waals surface area contributed by atoms with Crippen LogP contribution in [0.3, 0.4) is 0 Å². The number of ether oxygens (including phenoxy) is 1. The molecule has 0 radical (unpaired) electrons. The molecule has 1 heterocycles. The molecule has 1 aromatic carbocycles. The molecule has 1 aliphatic heterocycles. The first-order valence-corrected chi connectivity index (χ1v) is 9.62. The Labute approximate surface area is 161 Å². The summed E-state index contributed by atoms with van der Waals surface area (Å²) in [5.41, 5.74) is 1.38. The summed E-state index contributed by atoms with van der Waals surface area (Å²) in [6.07, 6.45) is 1.23. The lowest BCUT2D eigenvalue weighted by Crippen LogP contribution is -2.44. The van der Waals surface area contributed by atoms with E-state index in [2.05, 4.69) is 38.7 Å². The standard InChI is InChI=1S/C22H32F3NO/c1-16(2)14-19(26-12-10-20(27-5)11-13-26)15-21(3,4)17-6-8-18(9-7-17)22(23,24)25/h6-9,14,19-20H,10-13,15H2,1-5H3. The normalized spacial score (nSPS) is 18.4. The third-order valence-electron chi connectivity index (χ3n) is 5.52. The van der Waals surface area contributed by atoms with Crippen molar-refractivity contribution in [3.63, 3.8) is 0 Å². The van der Waals surface area contributed by atoms with Crippen molar-refractivity contribution in [3.05, 3.63) is 47.0 Å². The molecule has 0 amide bonds. The Morgan fingerprint density at radius 3 is 2.07 bits per heavy atom. The number of halogens is 3. The summed E-state index contributed by atoms with van der Waals surface area (Å²) in [7, 11) is 1.77. The van der Waals surface area contributed by atoms with Gasteiger partial charge in [0, 0.05) is 26.2 Å². The molecule has 1 atom stereocenters. The summed E-state index contributed by atoms with van der Waals surface area (Å²) in [5.74, 6) is 0. The van der Waals surface area contributed by atoms with Crippen LogP contribution in [0.15, 0.2) is 35.9 Å². The van der Waals surface area contributed by atoms with E-state index >= 15 is 0 Å². The lowest BCUT2D eigenvalue weighted by Gasteiger charge is -2.40. The fraction of sp³-hybridized carbons (Fsp3) is 0.636. The summed E-state index contributed by atoms with van der Waals surface area (Å²) in [6.45, 7) is 10.4. The van der Waals surface area contributed by atoms with Crippen molar-refractivity contribution < 1.29 is 17.9 Å². The SMILES string of the molecule is COC1CCN(C(C=C(C)C)CC(C)(C)c2ccc(C(F)(F)F)cc2)CC1. The van der Waals surface area contributed by atoms with E-state index in [4.69, 9.17) is 4.74 Å². The predicted octanol–water partition coefficient (Wildman–Crippen LogP) is 5.82. The average molecular weight is 383 g/mol. The van der Waals surface area contributed by atoms with E-state index in [-0.39, 0.29) is 11.5 Å². The van der Waals surface area contributed by atoms with Crippen molar-refractivity contribution in [1.82, 2.24) is 4.90 Å². The van der Waals surface area contributed by atoms with Gasteiger partial charge in [0.05, 0.1) is 11.7 Å². The number of methoxy groups -OCH3 is 1. The zero-order chi connectivity index (χ0) is 20.2. The van der Waals surface area contributed by atoms with Crippen LogP contribution in [0, 0.1) is 0 Å². The fourth-order valence-corrected chi connectivity index (χ4v) is 3.87. The van der Waals surface area contributed by atoms with Crippen molar-refractivity contribution in [2.75, 3.05) is 20.2 Å². The van der Waals surface area contributed by atoms with Gasteiger partial charge in [-0.1, -0.05) is 37.6 Å². The lowest BCUT2D eigenvalue weighted by molar-refractivity contribution is -0.137. The van der Waals surface area contributed by atoms with Crippen LogP contribution in [-0.4, -0.2) is 37.2 Å². The van der Waals surface area contributed by atoms with Crippen LogP contribution in [0.25, 0.3) is 0 Å². The highest BCUT2D eigenvalue weighted by atomic mass is 19.4. The first-order valence-electron chi connectivity index (χ1n) is 9.62. The first kappa shape index (κ1) is 22.0. The number of benzene rings is 1. The highest BCUT2D eigenvalue weighted by Gasteiger charge is 2.33. The van der Waals surface area contributed by atoms with E-state index in [0.717, 1.165) is 37.9 Å². The molecular formula is C22H32F3NO. The molecule has 0 aliphatic carbocycles. The van der Waals surface area contributed by atoms with E-state index in [0.29, 0.717) is 6.10 Å². The fourth-order valence-electron chi connectivity index (χ4n) is 3.87. The van der Waals surface area contributed by atoms with Crippen molar-refractivity contribution in [2.24, 2.45) is 0 Å². The molecular weight excluding hydrogens is 351 g/mol. The summed E-state index contributed by atoms with van der Waals surface area (Å²) in [5, 5.41) is 0. The summed E-state index contributed by atoms with van der Waals surface area (Å²) >= 11 is 0. The van der Waals surface area contributed by atoms with E-state index in [9.17, 15) is 13.2 Å². The maximum atomic E-state index is 12.8. The Hall–Kier alpha value is -1.33. The number of nitrogens with zero attached hydrogens (tertiary/aromatic N) is 1. The Morgan fingerprint density at radius 1 is 1.11 bits per heavy atom. The van der Waals surface area contributed by atoms with Gasteiger partial charge in [0.2, 0.25) is 0 Å². The zero-order valence-corrected chi connectivity index (χ0v) is 17.1. The minimum atomic E-state index is -4.29. The van der Waals surface area contributed by atoms with Crippen LogP contribution in [-0.2, 0) is 16.3 Å². The molecule has 2 nitrogen and oxygen atoms in total. The van der Waals surface area contributed by atoms with Gasteiger partial charge >= 0.3 is 6.18 Å². The molecule has 0 N–H and O–H groups in total. The number of hydrogen-bond donors (Lipinski definition) is 0. The maximum Gasteiger partial charge on any atom is 0.416 e. The Bertz CT molecular complexity index is 622. The van der Waals surface area contributed by atoms with E-state index in [1.807, 2.05) is 0 Å². The summed E-state index contributed by atoms with van der Waals surface area (Å²) < 4.78 is 44.0. The van der Waals surface area contributed by atoms with E-state index in [1.54, 1.807) is 19.2 Å². The average Bonchev–Trinajstić information content (AvgIpc) is 2.60. The number of rotatable bonds is 6. The highest BCUT2D eigenvalue weighted by molar-refractivity contribution is 5.30. The molecule has 0 bridgehead atoms. The minimum Gasteiger partial charge on any atom is -0.381 e. The molecule has 1 unspecified atom stereocenters. The molecule has 2 rings (SSSR count). The molecule has 1 aliphatic rings. The molecule has 0 saturated carbocycles. The summed E-state index contributed by atoms with van der Waals surface area (Å²) in [6, 6.07) is 5.90. The van der Waals surface area contributed by atoms with Gasteiger partial charge in [-0.2, -0.15) is 13.2 Å². The molecule has 1 saturated heterocycles. The third kappa shape index (κ3) is 6.08. The molecule has 5 heteroatoms. The Morgan fingerprint density at radius 2 is 1.63 bits per heavy atom. The molecule has 0 spiro atoms. The smallest absolute Gasteiger partial charge is 0.381 e. The van der Waals surface area contributed by atoms with Crippen molar-refractivity contribution in [2.45, 2.75) is 70.7 Å². The Balaban J connectivity index is 2.16. The monoisotopic (exact) mass is 383 g/mol. The number of allylic oxidation sites excluding steroid dienone is 1. The topological polar surface area (TPSA) is 12.5 Å². The number of hydrogen-bond acceptors (Lipinski definition) is 2. The van der Waals surface area contributed by atoms with Crippen molar-refractivity contribution >= 4 is 0 Å². The van der Waals surface area contributed by atoms with Crippen LogP contribution in [0.2, 0.25) is 0 Å². The second-order valence-electron chi connectivity index (χ2n) is 8.45. The molecule has 152 valence electrons. The van der Waals surface area contributed by atoms with Crippen molar-refractivity contribution in [1.29, 1.82) is 0 Å². The third-order valence-corrected chi connectivity index (χ3v) is 5.52. The quantitative estimate of drug-likeness (QED) is 0.574. The largest absolute Gasteiger partial charge is 0.416 e. The lowest BCUT2D eigenvalue weighted by atomic mass is 9.78. The van der Waals surface area contributed by atoms with Gasteiger partial charge in [0.1, 0.15) is 0 Å². The van der Waals surface area contributed by atoms with Gasteiger partial charge in [-0.05, 0) is 56.2 Å². The van der Waals surface area contributed by atoms with Crippen LogP contribution in [0.4, 0.5) is 13.2 Å². The van der Waals surface area contributed by atoms with Crippen molar-refractivity contribution in [3.8, 4) is 0 Å². The van der Waals surface area contributed by atoms with Crippen LogP contribution >= 0.6 is 0 Å². The van der Waals surface area contributed by atoms with Gasteiger partial charge in [-0.25, -0.2) is 0 Å². The highest BCUT2D eigenvalue weighted by Crippen LogP contribution is 2.35. The van der Waals surface area contributed by atoms with Gasteiger partial charge in [-0.15, -0.1) is 0 Å². The van der Waals surface area contributed by atoms with Gasteiger partial charge in [0.15, 0.2) is 0 Å². The minimum absolute atomic E-state index is 0.223. The predicted molar refractivity (Wildman–Crippen MR) is 104 cm³/mol. The number of likely N-dealkylation sites (tertiary alicyclic amines) is 1. The number of piperidine rings is 1. The van der Waals surface area contributed by atoms with Gasteiger partial charge < -0.3 is 4.74 Å².